The largest absolute Gasteiger partial charge is 0.478 e. The summed E-state index contributed by atoms with van der Waals surface area (Å²) in [6.07, 6.45) is -28.5. The van der Waals surface area contributed by atoms with Gasteiger partial charge in [0, 0.05) is 20.3 Å². The van der Waals surface area contributed by atoms with E-state index in [1.165, 1.54) is 21.1 Å². The molecule has 0 aromatic carbocycles. The molecule has 0 bridgehead atoms. The van der Waals surface area contributed by atoms with E-state index in [0.29, 0.717) is 0 Å². The van der Waals surface area contributed by atoms with Crippen LogP contribution in [0.15, 0.2) is 12.7 Å². The second-order valence-corrected chi connectivity index (χ2v) is 13.0. The fourth-order valence-electron chi connectivity index (χ4n) is 6.55. The number of aliphatic carboxylic acids is 1. The zero-order chi connectivity index (χ0) is 41.1. The first-order chi connectivity index (χ1) is 26.1. The van der Waals surface area contributed by atoms with Gasteiger partial charge < -0.3 is 109 Å². The molecule has 20 unspecified atom stereocenters. The molecule has 55 heavy (non-hydrogen) atoms. The van der Waals surface area contributed by atoms with E-state index in [-0.39, 0.29) is 6.61 Å². The highest BCUT2D eigenvalue weighted by Crippen LogP contribution is 2.34. The molecule has 12 N–H and O–H groups in total. The molecule has 0 spiro atoms. The number of aliphatic hydroxyl groups excluding tert-OH is 11. The van der Waals surface area contributed by atoms with Gasteiger partial charge in [-0.1, -0.05) is 6.58 Å². The van der Waals surface area contributed by atoms with Gasteiger partial charge in [-0.25, -0.2) is 4.79 Å². The number of aliphatic hydroxyl groups is 11. The van der Waals surface area contributed by atoms with E-state index in [1.54, 1.807) is 0 Å². The summed E-state index contributed by atoms with van der Waals surface area (Å²) >= 11 is 0. The highest BCUT2D eigenvalue weighted by molar-refractivity contribution is 5.78. The van der Waals surface area contributed by atoms with Crippen LogP contribution >= 0.6 is 0 Å². The zero-order valence-electron chi connectivity index (χ0n) is 30.4. The molecule has 4 aliphatic rings. The number of methoxy groups -OCH3 is 2. The highest BCUT2D eigenvalue weighted by Gasteiger charge is 2.54. The van der Waals surface area contributed by atoms with Crippen molar-refractivity contribution < 1.29 is 113 Å². The lowest BCUT2D eigenvalue weighted by Gasteiger charge is -2.49. The first-order valence-corrected chi connectivity index (χ1v) is 17.4. The van der Waals surface area contributed by atoms with Crippen molar-refractivity contribution in [3.8, 4) is 0 Å². The van der Waals surface area contributed by atoms with Crippen LogP contribution in [0.5, 0.6) is 0 Å². The first kappa shape index (κ1) is 47.7. The number of hydrogen-bond donors (Lipinski definition) is 12. The molecule has 20 atom stereocenters. The minimum absolute atomic E-state index is 0.296. The van der Waals surface area contributed by atoms with E-state index in [1.807, 2.05) is 0 Å². The van der Waals surface area contributed by atoms with Gasteiger partial charge in [0.25, 0.3) is 0 Å². The molecule has 0 saturated carbocycles. The average Bonchev–Trinajstić information content (AvgIpc) is 3.17. The summed E-state index contributed by atoms with van der Waals surface area (Å²) in [6.45, 7) is 1.08. The molecule has 4 rings (SSSR count). The Labute approximate surface area is 315 Å². The third-order valence-corrected chi connectivity index (χ3v) is 9.49. The highest BCUT2D eigenvalue weighted by atomic mass is 16.8. The van der Waals surface area contributed by atoms with Crippen LogP contribution in [0.4, 0.5) is 0 Å². The summed E-state index contributed by atoms with van der Waals surface area (Å²) in [7, 11) is 2.50. The van der Waals surface area contributed by atoms with Crippen molar-refractivity contribution >= 4 is 5.97 Å². The van der Waals surface area contributed by atoms with Crippen LogP contribution < -0.4 is 0 Å². The fraction of sp³-hybridized carbons (Fsp3) is 0.906. The van der Waals surface area contributed by atoms with Crippen molar-refractivity contribution in [2.24, 2.45) is 0 Å². The Morgan fingerprint density at radius 3 is 1.55 bits per heavy atom. The normalized spacial score (nSPS) is 45.0. The molecule has 4 heterocycles. The van der Waals surface area contributed by atoms with E-state index in [2.05, 4.69) is 6.58 Å². The lowest BCUT2D eigenvalue weighted by molar-refractivity contribution is -0.381. The Bertz CT molecular complexity index is 1130. The summed E-state index contributed by atoms with van der Waals surface area (Å²) in [5.41, 5.74) is 0. The van der Waals surface area contributed by atoms with Gasteiger partial charge in [-0.2, -0.15) is 0 Å². The standard InChI is InChI=1S/C29H52O21.C3H4O2/c1-10-15(34)16(35)24(13(8-33)45-10)49-28-20(39)18(37)25(50-29-26(43-5-4-30)21(40)23(42-3)12(7-32)47-29)14(48-28)9-44-27-19(38)17(36)22(41-2)11(6-31)46-27;1-2-3(4)5/h10-40H,4-9H2,1-3H3;2H,1H2,(H,4,5). The number of ether oxygens (including phenoxy) is 10. The maximum atomic E-state index is 11.4. The molecular weight excluding hydrogens is 752 g/mol. The van der Waals surface area contributed by atoms with Crippen LogP contribution in [0, 0.1) is 0 Å². The van der Waals surface area contributed by atoms with Crippen molar-refractivity contribution in [2.75, 3.05) is 53.9 Å². The van der Waals surface area contributed by atoms with Gasteiger partial charge in [-0.05, 0) is 6.92 Å². The van der Waals surface area contributed by atoms with Gasteiger partial charge in [0.05, 0.1) is 45.7 Å². The van der Waals surface area contributed by atoms with E-state index in [0.717, 1.165) is 6.08 Å². The SMILES string of the molecule is C=CC(=O)O.COC1C(CO)OC(OCC2OC(OC3C(CO)OC(C)C(O)C3O)C(O)C(O)C2OC2OC(CO)C(OC)C(O)C2OCCO)C(O)C1O. The lowest BCUT2D eigenvalue weighted by atomic mass is 9.94. The smallest absolute Gasteiger partial charge is 0.327 e. The minimum atomic E-state index is -1.95. The van der Waals surface area contributed by atoms with Crippen molar-refractivity contribution in [2.45, 2.75) is 130 Å². The fourth-order valence-corrected chi connectivity index (χ4v) is 6.55. The van der Waals surface area contributed by atoms with Crippen LogP contribution in [-0.4, -0.2) is 244 Å². The maximum Gasteiger partial charge on any atom is 0.327 e. The van der Waals surface area contributed by atoms with Crippen LogP contribution in [0.25, 0.3) is 0 Å². The van der Waals surface area contributed by atoms with Crippen LogP contribution in [0.1, 0.15) is 6.92 Å². The topological polar surface area (TPSA) is 352 Å². The molecular formula is C32H56O23. The van der Waals surface area contributed by atoms with Gasteiger partial charge in [-0.15, -0.1) is 0 Å². The second-order valence-electron chi connectivity index (χ2n) is 13.0. The predicted molar refractivity (Wildman–Crippen MR) is 176 cm³/mol. The lowest BCUT2D eigenvalue weighted by Crippen LogP contribution is -2.67. The van der Waals surface area contributed by atoms with Crippen molar-refractivity contribution in [1.82, 2.24) is 0 Å². The van der Waals surface area contributed by atoms with Gasteiger partial charge in [0.2, 0.25) is 0 Å². The van der Waals surface area contributed by atoms with Crippen molar-refractivity contribution in [3.63, 3.8) is 0 Å². The van der Waals surface area contributed by atoms with E-state index in [9.17, 15) is 61.0 Å². The molecule has 0 amide bonds. The van der Waals surface area contributed by atoms with Gasteiger partial charge in [-0.3, -0.25) is 0 Å². The predicted octanol–water partition coefficient (Wildman–Crippen LogP) is -7.10. The molecule has 23 heteroatoms. The number of hydrogen-bond acceptors (Lipinski definition) is 22. The van der Waals surface area contributed by atoms with Crippen LogP contribution in [0.2, 0.25) is 0 Å². The molecule has 0 aromatic heterocycles. The number of rotatable bonds is 16. The van der Waals surface area contributed by atoms with Gasteiger partial charge in [0.15, 0.2) is 18.9 Å². The summed E-state index contributed by atoms with van der Waals surface area (Å²) < 4.78 is 56.4. The third-order valence-electron chi connectivity index (χ3n) is 9.49. The summed E-state index contributed by atoms with van der Waals surface area (Å²) in [6, 6.07) is 0. The second kappa shape index (κ2) is 22.5. The van der Waals surface area contributed by atoms with E-state index in [4.69, 9.17) is 52.5 Å². The summed E-state index contributed by atoms with van der Waals surface area (Å²) in [5, 5.41) is 123. The first-order valence-electron chi connectivity index (χ1n) is 17.4. The van der Waals surface area contributed by atoms with E-state index < -0.39 is 162 Å². The Kier molecular flexibility index (Phi) is 19.5. The van der Waals surface area contributed by atoms with Crippen LogP contribution in [-0.2, 0) is 52.2 Å². The van der Waals surface area contributed by atoms with Gasteiger partial charge >= 0.3 is 5.97 Å². The molecule has 4 saturated heterocycles. The molecule has 0 aromatic rings. The zero-order valence-corrected chi connectivity index (χ0v) is 30.4. The molecule has 322 valence electrons. The molecule has 4 aliphatic heterocycles. The summed E-state index contributed by atoms with van der Waals surface area (Å²) in [5.74, 6) is -0.981. The number of carboxylic acids is 1. The minimum Gasteiger partial charge on any atom is -0.478 e. The molecule has 0 radical (unpaired) electrons. The number of carboxylic acid groups (broad SMARTS) is 1. The average molecular weight is 809 g/mol. The van der Waals surface area contributed by atoms with Gasteiger partial charge in [0.1, 0.15) is 97.7 Å². The van der Waals surface area contributed by atoms with Crippen LogP contribution in [0.3, 0.4) is 0 Å². The molecule has 0 aliphatic carbocycles. The van der Waals surface area contributed by atoms with Crippen molar-refractivity contribution in [3.05, 3.63) is 12.7 Å². The van der Waals surface area contributed by atoms with E-state index >= 15 is 0 Å². The Balaban J connectivity index is 0.00000152. The Morgan fingerprint density at radius 1 is 0.582 bits per heavy atom. The third kappa shape index (κ3) is 11.5. The maximum absolute atomic E-state index is 11.4. The number of carbonyl (C=O) groups is 1. The molecule has 23 nitrogen and oxygen atoms in total. The molecule has 4 fully saturated rings. The Morgan fingerprint density at radius 2 is 1.02 bits per heavy atom. The Hall–Kier alpha value is -1.63. The quantitative estimate of drug-likeness (QED) is 0.0645. The summed E-state index contributed by atoms with van der Waals surface area (Å²) in [4.78, 5) is 9.25. The monoisotopic (exact) mass is 808 g/mol. The van der Waals surface area contributed by atoms with Crippen molar-refractivity contribution in [1.29, 1.82) is 0 Å².